The van der Waals surface area contributed by atoms with Crippen molar-refractivity contribution in [1.29, 1.82) is 0 Å². The van der Waals surface area contributed by atoms with Crippen LogP contribution in [0.25, 0.3) is 0 Å². The molecule has 19 heavy (non-hydrogen) atoms. The maximum Gasteiger partial charge on any atom is 0.161 e. The Bertz CT molecular complexity index is 534. The SMILES string of the molecule is CCc1ccc(OCc2occc2CN)c(OC)c1. The summed E-state index contributed by atoms with van der Waals surface area (Å²) in [6, 6.07) is 7.80. The Labute approximate surface area is 113 Å². The van der Waals surface area contributed by atoms with Crippen molar-refractivity contribution in [2.45, 2.75) is 26.5 Å². The molecule has 1 aromatic carbocycles. The lowest BCUT2D eigenvalue weighted by Crippen LogP contribution is -2.02. The molecule has 0 saturated heterocycles. The van der Waals surface area contributed by atoms with Crippen LogP contribution >= 0.6 is 0 Å². The molecular formula is C15H19NO3. The Morgan fingerprint density at radius 1 is 1.21 bits per heavy atom. The lowest BCUT2D eigenvalue weighted by atomic mass is 10.1. The summed E-state index contributed by atoms with van der Waals surface area (Å²) in [4.78, 5) is 0. The summed E-state index contributed by atoms with van der Waals surface area (Å²) in [7, 11) is 1.64. The number of nitrogens with two attached hydrogens (primary N) is 1. The van der Waals surface area contributed by atoms with E-state index in [-0.39, 0.29) is 0 Å². The summed E-state index contributed by atoms with van der Waals surface area (Å²) in [5.74, 6) is 2.20. The number of rotatable bonds is 6. The smallest absolute Gasteiger partial charge is 0.161 e. The van der Waals surface area contributed by atoms with Crippen LogP contribution in [0.4, 0.5) is 0 Å². The second-order valence-electron chi connectivity index (χ2n) is 4.20. The van der Waals surface area contributed by atoms with Crippen LogP contribution in [0.15, 0.2) is 34.9 Å². The van der Waals surface area contributed by atoms with E-state index in [2.05, 4.69) is 6.92 Å². The van der Waals surface area contributed by atoms with Crippen molar-refractivity contribution >= 4 is 0 Å². The molecule has 0 amide bonds. The molecule has 0 fully saturated rings. The van der Waals surface area contributed by atoms with Crippen LogP contribution in [0, 0.1) is 0 Å². The van der Waals surface area contributed by atoms with Gasteiger partial charge in [0.25, 0.3) is 0 Å². The maximum absolute atomic E-state index is 5.74. The van der Waals surface area contributed by atoms with Gasteiger partial charge in [0, 0.05) is 12.1 Å². The molecule has 0 atom stereocenters. The Balaban J connectivity index is 2.11. The van der Waals surface area contributed by atoms with E-state index in [0.29, 0.717) is 18.9 Å². The zero-order valence-electron chi connectivity index (χ0n) is 11.3. The van der Waals surface area contributed by atoms with Crippen LogP contribution in [0.3, 0.4) is 0 Å². The molecule has 4 heteroatoms. The molecular weight excluding hydrogens is 242 g/mol. The molecule has 2 N–H and O–H groups in total. The number of hydrogen-bond donors (Lipinski definition) is 1. The quantitative estimate of drug-likeness (QED) is 0.868. The van der Waals surface area contributed by atoms with Gasteiger partial charge in [-0.2, -0.15) is 0 Å². The third-order valence-corrected chi connectivity index (χ3v) is 3.05. The van der Waals surface area contributed by atoms with Crippen LogP contribution in [0.5, 0.6) is 11.5 Å². The molecule has 1 heterocycles. The minimum atomic E-state index is 0.349. The standard InChI is InChI=1S/C15H19NO3/c1-3-11-4-5-13(14(8-11)17-2)19-10-15-12(9-16)6-7-18-15/h4-8H,3,9-10,16H2,1-2H3. The van der Waals surface area contributed by atoms with Gasteiger partial charge >= 0.3 is 0 Å². The zero-order valence-corrected chi connectivity index (χ0v) is 11.3. The molecule has 1 aromatic heterocycles. The fourth-order valence-corrected chi connectivity index (χ4v) is 1.87. The van der Waals surface area contributed by atoms with Gasteiger partial charge in [0.2, 0.25) is 0 Å². The number of furan rings is 1. The van der Waals surface area contributed by atoms with Gasteiger partial charge in [-0.05, 0) is 30.2 Å². The minimum absolute atomic E-state index is 0.349. The molecule has 2 aromatic rings. The molecule has 102 valence electrons. The predicted octanol–water partition coefficient (Wildman–Crippen LogP) is 2.89. The van der Waals surface area contributed by atoms with E-state index in [4.69, 9.17) is 19.6 Å². The summed E-state index contributed by atoms with van der Waals surface area (Å²) in [5, 5.41) is 0. The molecule has 0 bridgehead atoms. The van der Waals surface area contributed by atoms with Gasteiger partial charge in [-0.25, -0.2) is 0 Å². The van der Waals surface area contributed by atoms with E-state index in [9.17, 15) is 0 Å². The largest absolute Gasteiger partial charge is 0.493 e. The van der Waals surface area contributed by atoms with Gasteiger partial charge < -0.3 is 19.6 Å². The van der Waals surface area contributed by atoms with Crippen LogP contribution < -0.4 is 15.2 Å². The van der Waals surface area contributed by atoms with Crippen LogP contribution in [0.1, 0.15) is 23.8 Å². The monoisotopic (exact) mass is 261 g/mol. The molecule has 2 rings (SSSR count). The summed E-state index contributed by atoms with van der Waals surface area (Å²) in [6.45, 7) is 2.90. The van der Waals surface area contributed by atoms with Crippen LogP contribution in [0.2, 0.25) is 0 Å². The Morgan fingerprint density at radius 3 is 2.74 bits per heavy atom. The second-order valence-corrected chi connectivity index (χ2v) is 4.20. The third-order valence-electron chi connectivity index (χ3n) is 3.05. The van der Waals surface area contributed by atoms with E-state index in [1.54, 1.807) is 13.4 Å². The third kappa shape index (κ3) is 3.09. The molecule has 0 radical (unpaired) electrons. The van der Waals surface area contributed by atoms with Crippen molar-refractivity contribution in [3.05, 3.63) is 47.4 Å². The van der Waals surface area contributed by atoms with Crippen molar-refractivity contribution in [3.63, 3.8) is 0 Å². The number of benzene rings is 1. The first-order chi connectivity index (χ1) is 9.28. The lowest BCUT2D eigenvalue weighted by molar-refractivity contribution is 0.254. The van der Waals surface area contributed by atoms with Gasteiger partial charge in [-0.1, -0.05) is 13.0 Å². The molecule has 0 aliphatic carbocycles. The van der Waals surface area contributed by atoms with Gasteiger partial charge in [-0.3, -0.25) is 0 Å². The highest BCUT2D eigenvalue weighted by Crippen LogP contribution is 2.29. The van der Waals surface area contributed by atoms with E-state index in [1.807, 2.05) is 24.3 Å². The van der Waals surface area contributed by atoms with E-state index in [1.165, 1.54) is 5.56 Å². The highest BCUT2D eigenvalue weighted by atomic mass is 16.5. The number of ether oxygens (including phenoxy) is 2. The highest BCUT2D eigenvalue weighted by Gasteiger charge is 2.09. The number of methoxy groups -OCH3 is 1. The Hall–Kier alpha value is -1.94. The highest BCUT2D eigenvalue weighted by molar-refractivity contribution is 5.43. The molecule has 0 saturated carbocycles. The number of aryl methyl sites for hydroxylation is 1. The Kier molecular flexibility index (Phi) is 4.47. The number of hydrogen-bond acceptors (Lipinski definition) is 4. The first kappa shape index (κ1) is 13.5. The topological polar surface area (TPSA) is 57.6 Å². The van der Waals surface area contributed by atoms with E-state index < -0.39 is 0 Å². The van der Waals surface area contributed by atoms with Crippen molar-refractivity contribution < 1.29 is 13.9 Å². The van der Waals surface area contributed by atoms with Gasteiger partial charge in [0.1, 0.15) is 12.4 Å². The van der Waals surface area contributed by atoms with Crippen LogP contribution in [-0.4, -0.2) is 7.11 Å². The first-order valence-electron chi connectivity index (χ1n) is 6.33. The van der Waals surface area contributed by atoms with E-state index >= 15 is 0 Å². The van der Waals surface area contributed by atoms with Crippen molar-refractivity contribution in [3.8, 4) is 11.5 Å². The van der Waals surface area contributed by atoms with Crippen molar-refractivity contribution in [1.82, 2.24) is 0 Å². The van der Waals surface area contributed by atoms with Gasteiger partial charge in [0.15, 0.2) is 11.5 Å². The summed E-state index contributed by atoms with van der Waals surface area (Å²) < 4.78 is 16.4. The molecule has 0 aliphatic rings. The predicted molar refractivity (Wildman–Crippen MR) is 73.3 cm³/mol. The van der Waals surface area contributed by atoms with Gasteiger partial charge in [0.05, 0.1) is 13.4 Å². The molecule has 0 aliphatic heterocycles. The average molecular weight is 261 g/mol. The fourth-order valence-electron chi connectivity index (χ4n) is 1.87. The van der Waals surface area contributed by atoms with Crippen molar-refractivity contribution in [2.75, 3.05) is 7.11 Å². The first-order valence-corrected chi connectivity index (χ1v) is 6.33. The normalized spacial score (nSPS) is 10.5. The maximum atomic E-state index is 5.74. The summed E-state index contributed by atoms with van der Waals surface area (Å²) in [6.07, 6.45) is 2.59. The van der Waals surface area contributed by atoms with Crippen molar-refractivity contribution in [2.24, 2.45) is 5.73 Å². The molecule has 0 unspecified atom stereocenters. The fraction of sp³-hybridized carbons (Fsp3) is 0.333. The average Bonchev–Trinajstić information content (AvgIpc) is 2.92. The van der Waals surface area contributed by atoms with Gasteiger partial charge in [-0.15, -0.1) is 0 Å². The summed E-state index contributed by atoms with van der Waals surface area (Å²) in [5.41, 5.74) is 7.79. The van der Waals surface area contributed by atoms with E-state index in [0.717, 1.165) is 23.5 Å². The molecule has 0 spiro atoms. The summed E-state index contributed by atoms with van der Waals surface area (Å²) >= 11 is 0. The minimum Gasteiger partial charge on any atom is -0.493 e. The zero-order chi connectivity index (χ0) is 13.7. The Morgan fingerprint density at radius 2 is 2.05 bits per heavy atom. The second kappa shape index (κ2) is 6.29. The molecule has 4 nitrogen and oxygen atoms in total. The lowest BCUT2D eigenvalue weighted by Gasteiger charge is -2.11. The van der Waals surface area contributed by atoms with Crippen LogP contribution in [-0.2, 0) is 19.6 Å².